The van der Waals surface area contributed by atoms with Crippen LogP contribution in [0, 0.1) is 12.8 Å². The van der Waals surface area contributed by atoms with Crippen LogP contribution in [0.3, 0.4) is 0 Å². The molecule has 0 radical (unpaired) electrons. The molecule has 2 unspecified atom stereocenters. The third-order valence-electron chi connectivity index (χ3n) is 3.45. The molecule has 3 nitrogen and oxygen atoms in total. The Morgan fingerprint density at radius 1 is 1.39 bits per heavy atom. The minimum absolute atomic E-state index is 0.273. The highest BCUT2D eigenvalue weighted by atomic mass is 16.5. The highest BCUT2D eigenvalue weighted by Gasteiger charge is 2.37. The van der Waals surface area contributed by atoms with E-state index >= 15 is 0 Å². The molecule has 0 amide bonds. The average molecular weight is 248 g/mol. The van der Waals surface area contributed by atoms with Crippen molar-refractivity contribution in [1.29, 1.82) is 0 Å². The van der Waals surface area contributed by atoms with Gasteiger partial charge in [0.1, 0.15) is 0 Å². The summed E-state index contributed by atoms with van der Waals surface area (Å²) in [6.45, 7) is 8.04. The largest absolute Gasteiger partial charge is 0.376 e. The monoisotopic (exact) mass is 248 g/mol. The summed E-state index contributed by atoms with van der Waals surface area (Å²) in [5.74, 6) is 0.717. The van der Waals surface area contributed by atoms with Gasteiger partial charge >= 0.3 is 0 Å². The van der Waals surface area contributed by atoms with Gasteiger partial charge in [0.2, 0.25) is 0 Å². The summed E-state index contributed by atoms with van der Waals surface area (Å²) in [4.78, 5) is 4.31. The van der Waals surface area contributed by atoms with E-state index in [1.54, 1.807) is 0 Å². The molecule has 1 aromatic heterocycles. The second-order valence-corrected chi connectivity index (χ2v) is 5.09. The Kier molecular flexibility index (Phi) is 4.72. The van der Waals surface area contributed by atoms with Gasteiger partial charge in [0, 0.05) is 19.0 Å². The van der Waals surface area contributed by atoms with Gasteiger partial charge in [0.05, 0.1) is 12.1 Å². The minimum Gasteiger partial charge on any atom is -0.376 e. The number of rotatable bonds is 7. The van der Waals surface area contributed by atoms with Crippen molar-refractivity contribution in [2.75, 3.05) is 13.2 Å². The van der Waals surface area contributed by atoms with E-state index in [1.165, 1.54) is 24.0 Å². The van der Waals surface area contributed by atoms with E-state index in [1.807, 2.05) is 12.4 Å². The summed E-state index contributed by atoms with van der Waals surface area (Å²) in [6, 6.07) is 2.49. The number of nitrogens with one attached hydrogen (secondary N) is 1. The maximum atomic E-state index is 5.98. The van der Waals surface area contributed by atoms with E-state index in [0.29, 0.717) is 6.10 Å². The maximum absolute atomic E-state index is 5.98. The van der Waals surface area contributed by atoms with Gasteiger partial charge in [-0.1, -0.05) is 13.0 Å². The molecule has 1 fully saturated rings. The van der Waals surface area contributed by atoms with Gasteiger partial charge in [-0.05, 0) is 50.3 Å². The Balaban J connectivity index is 2.19. The first-order valence-electron chi connectivity index (χ1n) is 7.02. The van der Waals surface area contributed by atoms with Crippen molar-refractivity contribution in [3.05, 3.63) is 29.6 Å². The molecule has 0 bridgehead atoms. The van der Waals surface area contributed by atoms with Crippen molar-refractivity contribution in [1.82, 2.24) is 10.3 Å². The molecular weight excluding hydrogens is 224 g/mol. The highest BCUT2D eigenvalue weighted by molar-refractivity contribution is 5.22. The van der Waals surface area contributed by atoms with Gasteiger partial charge < -0.3 is 10.1 Å². The third-order valence-corrected chi connectivity index (χ3v) is 3.45. The number of aromatic nitrogens is 1. The van der Waals surface area contributed by atoms with Gasteiger partial charge in [-0.15, -0.1) is 0 Å². The molecule has 100 valence electrons. The summed E-state index contributed by atoms with van der Waals surface area (Å²) in [6.07, 6.45) is 6.75. The third kappa shape index (κ3) is 3.30. The summed E-state index contributed by atoms with van der Waals surface area (Å²) in [5.41, 5.74) is 2.46. The molecule has 0 aliphatic heterocycles. The van der Waals surface area contributed by atoms with E-state index in [-0.39, 0.29) is 6.04 Å². The molecule has 3 heteroatoms. The van der Waals surface area contributed by atoms with E-state index in [0.717, 1.165) is 19.1 Å². The first-order chi connectivity index (χ1) is 8.76. The fourth-order valence-corrected chi connectivity index (χ4v) is 2.51. The van der Waals surface area contributed by atoms with Crippen LogP contribution in [0.25, 0.3) is 0 Å². The van der Waals surface area contributed by atoms with Gasteiger partial charge in [0.15, 0.2) is 0 Å². The average Bonchev–Trinajstić information content (AvgIpc) is 3.18. The molecular formula is C15H24N2O. The molecule has 0 spiro atoms. The summed E-state index contributed by atoms with van der Waals surface area (Å²) in [5, 5.41) is 3.57. The fourth-order valence-electron chi connectivity index (χ4n) is 2.51. The molecule has 1 aliphatic rings. The van der Waals surface area contributed by atoms with Crippen molar-refractivity contribution in [2.45, 2.75) is 45.8 Å². The van der Waals surface area contributed by atoms with Crippen LogP contribution in [0.15, 0.2) is 18.5 Å². The first-order valence-corrected chi connectivity index (χ1v) is 7.02. The summed E-state index contributed by atoms with van der Waals surface area (Å²) >= 11 is 0. The van der Waals surface area contributed by atoms with E-state index in [2.05, 4.69) is 37.1 Å². The fraction of sp³-hybridized carbons (Fsp3) is 0.667. The van der Waals surface area contributed by atoms with Crippen molar-refractivity contribution >= 4 is 0 Å². The smallest absolute Gasteiger partial charge is 0.0798 e. The van der Waals surface area contributed by atoms with E-state index < -0.39 is 0 Å². The van der Waals surface area contributed by atoms with Crippen LogP contribution in [-0.4, -0.2) is 24.2 Å². The lowest BCUT2D eigenvalue weighted by Crippen LogP contribution is -2.35. The molecule has 1 N–H and O–H groups in total. The Morgan fingerprint density at radius 2 is 2.17 bits per heavy atom. The number of hydrogen-bond acceptors (Lipinski definition) is 3. The Labute approximate surface area is 110 Å². The van der Waals surface area contributed by atoms with Crippen LogP contribution in [0.2, 0.25) is 0 Å². The summed E-state index contributed by atoms with van der Waals surface area (Å²) < 4.78 is 5.98. The lowest BCUT2D eigenvalue weighted by molar-refractivity contribution is 0.0188. The zero-order valence-corrected chi connectivity index (χ0v) is 11.6. The number of ether oxygens (including phenoxy) is 1. The molecule has 0 aromatic carbocycles. The van der Waals surface area contributed by atoms with Crippen LogP contribution in [0.5, 0.6) is 0 Å². The molecule has 1 heterocycles. The topological polar surface area (TPSA) is 34.2 Å². The van der Waals surface area contributed by atoms with Crippen LogP contribution in [0.4, 0.5) is 0 Å². The van der Waals surface area contributed by atoms with Crippen molar-refractivity contribution in [3.8, 4) is 0 Å². The predicted octanol–water partition coefficient (Wildman–Crippen LogP) is 2.86. The number of aryl methyl sites for hydroxylation is 1. The second-order valence-electron chi connectivity index (χ2n) is 5.09. The Hall–Kier alpha value is -0.930. The van der Waals surface area contributed by atoms with Gasteiger partial charge in [-0.3, -0.25) is 4.98 Å². The molecule has 2 rings (SSSR count). The summed E-state index contributed by atoms with van der Waals surface area (Å²) in [7, 11) is 0. The van der Waals surface area contributed by atoms with E-state index in [9.17, 15) is 0 Å². The zero-order chi connectivity index (χ0) is 13.0. The molecule has 1 aromatic rings. The predicted molar refractivity (Wildman–Crippen MR) is 73.5 cm³/mol. The molecule has 1 saturated carbocycles. The molecule has 0 saturated heterocycles. The lowest BCUT2D eigenvalue weighted by atomic mass is 9.98. The first kappa shape index (κ1) is 13.5. The van der Waals surface area contributed by atoms with Crippen molar-refractivity contribution < 1.29 is 4.74 Å². The standard InChI is InChI=1S/C15H24N2O/c1-4-17-14(13-8-11(3)9-16-10-13)15(18-5-2)12-6-7-12/h8-10,12,14-15,17H,4-7H2,1-3H3. The molecule has 1 aliphatic carbocycles. The highest BCUT2D eigenvalue weighted by Crippen LogP contribution is 2.40. The van der Waals surface area contributed by atoms with Crippen LogP contribution in [-0.2, 0) is 4.74 Å². The maximum Gasteiger partial charge on any atom is 0.0798 e. The quantitative estimate of drug-likeness (QED) is 0.805. The van der Waals surface area contributed by atoms with Crippen LogP contribution in [0.1, 0.15) is 43.9 Å². The molecule has 18 heavy (non-hydrogen) atoms. The van der Waals surface area contributed by atoms with Gasteiger partial charge in [-0.2, -0.15) is 0 Å². The Bertz CT molecular complexity index is 377. The van der Waals surface area contributed by atoms with E-state index in [4.69, 9.17) is 4.74 Å². The van der Waals surface area contributed by atoms with Gasteiger partial charge in [0.25, 0.3) is 0 Å². The number of pyridine rings is 1. The lowest BCUT2D eigenvalue weighted by Gasteiger charge is -2.28. The number of likely N-dealkylation sites (N-methyl/N-ethyl adjacent to an activating group) is 1. The minimum atomic E-state index is 0.273. The van der Waals surface area contributed by atoms with Crippen molar-refractivity contribution in [3.63, 3.8) is 0 Å². The second kappa shape index (κ2) is 6.30. The van der Waals surface area contributed by atoms with Crippen molar-refractivity contribution in [2.24, 2.45) is 5.92 Å². The molecule has 2 atom stereocenters. The number of hydrogen-bond donors (Lipinski definition) is 1. The van der Waals surface area contributed by atoms with Crippen LogP contribution >= 0.6 is 0 Å². The van der Waals surface area contributed by atoms with Gasteiger partial charge in [-0.25, -0.2) is 0 Å². The normalized spacial score (nSPS) is 18.6. The van der Waals surface area contributed by atoms with Crippen LogP contribution < -0.4 is 5.32 Å². The number of nitrogens with zero attached hydrogens (tertiary/aromatic N) is 1. The zero-order valence-electron chi connectivity index (χ0n) is 11.6. The SMILES string of the molecule is CCNC(c1cncc(C)c1)C(OCC)C1CC1. The Morgan fingerprint density at radius 3 is 2.72 bits per heavy atom.